The van der Waals surface area contributed by atoms with Gasteiger partial charge in [-0.2, -0.15) is 0 Å². The van der Waals surface area contributed by atoms with Gasteiger partial charge in [-0.25, -0.2) is 0 Å². The van der Waals surface area contributed by atoms with Crippen LogP contribution in [0, 0.1) is 5.92 Å². The van der Waals surface area contributed by atoms with Gasteiger partial charge >= 0.3 is 5.97 Å². The molecule has 0 fully saturated rings. The molecule has 1 unspecified atom stereocenters. The molecule has 0 aromatic heterocycles. The van der Waals surface area contributed by atoms with Gasteiger partial charge in [0.1, 0.15) is 0 Å². The molecule has 3 heteroatoms. The van der Waals surface area contributed by atoms with Gasteiger partial charge in [0.25, 0.3) is 0 Å². The van der Waals surface area contributed by atoms with E-state index in [4.69, 9.17) is 5.11 Å². The van der Waals surface area contributed by atoms with E-state index in [1.165, 1.54) is 5.57 Å². The summed E-state index contributed by atoms with van der Waals surface area (Å²) in [5.41, 5.74) is 1.40. The molecule has 1 heterocycles. The van der Waals surface area contributed by atoms with Gasteiger partial charge in [-0.3, -0.25) is 4.79 Å². The molecule has 1 aliphatic rings. The molecule has 1 atom stereocenters. The molecule has 80 valence electrons. The largest absolute Gasteiger partial charge is 0.481 e. The molecule has 0 aromatic carbocycles. The van der Waals surface area contributed by atoms with Crippen LogP contribution in [-0.4, -0.2) is 36.1 Å². The number of rotatable bonds is 4. The molecular weight excluding hydrogens is 178 g/mol. The monoisotopic (exact) mass is 197 g/mol. The zero-order valence-corrected chi connectivity index (χ0v) is 8.99. The van der Waals surface area contributed by atoms with Gasteiger partial charge in [-0.15, -0.1) is 0 Å². The summed E-state index contributed by atoms with van der Waals surface area (Å²) in [6.45, 7) is 3.90. The SMILES string of the molecule is CC(CCC1=CCCN(C)C1)C(=O)O. The Balaban J connectivity index is 2.31. The highest BCUT2D eigenvalue weighted by atomic mass is 16.4. The van der Waals surface area contributed by atoms with Crippen LogP contribution < -0.4 is 0 Å². The first kappa shape index (κ1) is 11.2. The van der Waals surface area contributed by atoms with Crippen LogP contribution in [0.4, 0.5) is 0 Å². The summed E-state index contributed by atoms with van der Waals surface area (Å²) in [4.78, 5) is 12.9. The Kier molecular flexibility index (Phi) is 4.14. The minimum absolute atomic E-state index is 0.219. The van der Waals surface area contributed by atoms with E-state index in [0.29, 0.717) is 0 Å². The molecular formula is C11H19NO2. The second-order valence-corrected chi connectivity index (χ2v) is 4.17. The Hall–Kier alpha value is -0.830. The molecule has 1 aliphatic heterocycles. The van der Waals surface area contributed by atoms with Gasteiger partial charge < -0.3 is 10.0 Å². The predicted molar refractivity (Wildman–Crippen MR) is 56.2 cm³/mol. The second kappa shape index (κ2) is 5.15. The first-order chi connectivity index (χ1) is 6.59. The standard InChI is InChI=1S/C11H19NO2/c1-9(11(13)14)5-6-10-4-3-7-12(2)8-10/h4,9H,3,5-8H2,1-2H3,(H,13,14). The highest BCUT2D eigenvalue weighted by molar-refractivity contribution is 5.69. The van der Waals surface area contributed by atoms with Gasteiger partial charge in [-0.1, -0.05) is 18.6 Å². The average Bonchev–Trinajstić information content (AvgIpc) is 2.14. The van der Waals surface area contributed by atoms with Gasteiger partial charge in [0.05, 0.1) is 5.92 Å². The van der Waals surface area contributed by atoms with Crippen LogP contribution in [0.3, 0.4) is 0 Å². The van der Waals surface area contributed by atoms with Crippen molar-refractivity contribution in [3.05, 3.63) is 11.6 Å². The van der Waals surface area contributed by atoms with Crippen LogP contribution in [0.25, 0.3) is 0 Å². The fourth-order valence-electron chi connectivity index (χ4n) is 1.69. The van der Waals surface area contributed by atoms with Crippen molar-refractivity contribution in [1.29, 1.82) is 0 Å². The van der Waals surface area contributed by atoms with E-state index in [-0.39, 0.29) is 5.92 Å². The number of hydrogen-bond donors (Lipinski definition) is 1. The van der Waals surface area contributed by atoms with E-state index >= 15 is 0 Å². The number of carbonyl (C=O) groups is 1. The zero-order valence-electron chi connectivity index (χ0n) is 8.99. The number of aliphatic carboxylic acids is 1. The third kappa shape index (κ3) is 3.50. The molecule has 0 aromatic rings. The van der Waals surface area contributed by atoms with Crippen molar-refractivity contribution < 1.29 is 9.90 Å². The first-order valence-electron chi connectivity index (χ1n) is 5.19. The summed E-state index contributed by atoms with van der Waals surface area (Å²) in [6, 6.07) is 0. The van der Waals surface area contributed by atoms with Gasteiger partial charge in [0, 0.05) is 13.1 Å². The summed E-state index contributed by atoms with van der Waals surface area (Å²) in [5.74, 6) is -0.905. The Morgan fingerprint density at radius 2 is 2.43 bits per heavy atom. The van der Waals surface area contributed by atoms with Crippen molar-refractivity contribution in [3.63, 3.8) is 0 Å². The topological polar surface area (TPSA) is 40.5 Å². The predicted octanol–water partition coefficient (Wildman–Crippen LogP) is 1.75. The maximum Gasteiger partial charge on any atom is 0.306 e. The maximum absolute atomic E-state index is 10.6. The fraction of sp³-hybridized carbons (Fsp3) is 0.727. The third-order valence-electron chi connectivity index (χ3n) is 2.74. The smallest absolute Gasteiger partial charge is 0.306 e. The summed E-state index contributed by atoms with van der Waals surface area (Å²) >= 11 is 0. The Labute approximate surface area is 85.4 Å². The van der Waals surface area contributed by atoms with Crippen LogP contribution in [0.1, 0.15) is 26.2 Å². The van der Waals surface area contributed by atoms with Crippen molar-refractivity contribution in [3.8, 4) is 0 Å². The maximum atomic E-state index is 10.6. The lowest BCUT2D eigenvalue weighted by Gasteiger charge is -2.23. The molecule has 0 saturated carbocycles. The normalized spacial score (nSPS) is 20.3. The lowest BCUT2D eigenvalue weighted by molar-refractivity contribution is -0.141. The first-order valence-corrected chi connectivity index (χ1v) is 5.19. The van der Waals surface area contributed by atoms with Crippen LogP contribution in [0.5, 0.6) is 0 Å². The van der Waals surface area contributed by atoms with Crippen molar-refractivity contribution >= 4 is 5.97 Å². The van der Waals surface area contributed by atoms with Gasteiger partial charge in [-0.05, 0) is 26.3 Å². The van der Waals surface area contributed by atoms with E-state index < -0.39 is 5.97 Å². The van der Waals surface area contributed by atoms with Crippen molar-refractivity contribution in [2.24, 2.45) is 5.92 Å². The number of hydrogen-bond acceptors (Lipinski definition) is 2. The van der Waals surface area contributed by atoms with E-state index in [9.17, 15) is 4.79 Å². The number of likely N-dealkylation sites (N-methyl/N-ethyl adjacent to an activating group) is 1. The van der Waals surface area contributed by atoms with E-state index in [1.54, 1.807) is 6.92 Å². The Bertz CT molecular complexity index is 235. The molecule has 0 bridgehead atoms. The third-order valence-corrected chi connectivity index (χ3v) is 2.74. The molecule has 0 radical (unpaired) electrons. The van der Waals surface area contributed by atoms with Crippen molar-refractivity contribution in [2.75, 3.05) is 20.1 Å². The molecule has 1 N–H and O–H groups in total. The minimum atomic E-state index is -0.685. The minimum Gasteiger partial charge on any atom is -0.481 e. The van der Waals surface area contributed by atoms with Crippen molar-refractivity contribution in [1.82, 2.24) is 4.90 Å². The molecule has 0 spiro atoms. The van der Waals surface area contributed by atoms with Gasteiger partial charge in [0.2, 0.25) is 0 Å². The lowest BCUT2D eigenvalue weighted by Crippen LogP contribution is -2.25. The summed E-state index contributed by atoms with van der Waals surface area (Å²) in [6.07, 6.45) is 5.05. The van der Waals surface area contributed by atoms with E-state index in [2.05, 4.69) is 18.0 Å². The number of nitrogens with zero attached hydrogens (tertiary/aromatic N) is 1. The Morgan fingerprint density at radius 1 is 1.71 bits per heavy atom. The number of carboxylic acids is 1. The molecule has 0 saturated heterocycles. The van der Waals surface area contributed by atoms with Crippen molar-refractivity contribution in [2.45, 2.75) is 26.2 Å². The number of carboxylic acid groups (broad SMARTS) is 1. The Morgan fingerprint density at radius 3 is 3.00 bits per heavy atom. The fourth-order valence-corrected chi connectivity index (χ4v) is 1.69. The van der Waals surface area contributed by atoms with Gasteiger partial charge in [0.15, 0.2) is 0 Å². The summed E-state index contributed by atoms with van der Waals surface area (Å²) in [7, 11) is 2.10. The van der Waals surface area contributed by atoms with E-state index in [0.717, 1.165) is 32.4 Å². The molecule has 1 rings (SSSR count). The lowest BCUT2D eigenvalue weighted by atomic mass is 9.99. The second-order valence-electron chi connectivity index (χ2n) is 4.17. The molecule has 14 heavy (non-hydrogen) atoms. The molecule has 0 amide bonds. The summed E-state index contributed by atoms with van der Waals surface area (Å²) in [5, 5.41) is 8.73. The quantitative estimate of drug-likeness (QED) is 0.698. The molecule has 3 nitrogen and oxygen atoms in total. The van der Waals surface area contributed by atoms with Crippen LogP contribution in [0.2, 0.25) is 0 Å². The highest BCUT2D eigenvalue weighted by Gasteiger charge is 2.13. The van der Waals surface area contributed by atoms with Crippen LogP contribution in [0.15, 0.2) is 11.6 Å². The highest BCUT2D eigenvalue weighted by Crippen LogP contribution is 2.16. The zero-order chi connectivity index (χ0) is 10.6. The van der Waals surface area contributed by atoms with Crippen LogP contribution in [-0.2, 0) is 4.79 Å². The van der Waals surface area contributed by atoms with Crippen LogP contribution >= 0.6 is 0 Å². The van der Waals surface area contributed by atoms with E-state index in [1.807, 2.05) is 0 Å². The molecule has 0 aliphatic carbocycles. The average molecular weight is 197 g/mol. The summed E-state index contributed by atoms with van der Waals surface area (Å²) < 4.78 is 0.